The number of aliphatic hydroxyl groups excluding tert-OH is 1. The average Bonchev–Trinajstić information content (AvgIpc) is 2.36. The van der Waals surface area contributed by atoms with Gasteiger partial charge in [-0.2, -0.15) is 0 Å². The number of aliphatic hydroxyl groups is 1. The van der Waals surface area contributed by atoms with E-state index in [4.69, 9.17) is 9.47 Å². The topological polar surface area (TPSA) is 72.8 Å². The van der Waals surface area contributed by atoms with Crippen LogP contribution in [0.25, 0.3) is 0 Å². The zero-order chi connectivity index (χ0) is 15.4. The van der Waals surface area contributed by atoms with Crippen molar-refractivity contribution in [3.05, 3.63) is 0 Å². The third-order valence-corrected chi connectivity index (χ3v) is 3.49. The van der Waals surface area contributed by atoms with E-state index in [0.717, 1.165) is 0 Å². The number of hydrogen-bond donors (Lipinski definition) is 1. The van der Waals surface area contributed by atoms with Gasteiger partial charge in [-0.15, -0.1) is 0 Å². The first-order valence-corrected chi connectivity index (χ1v) is 6.51. The van der Waals surface area contributed by atoms with E-state index in [-0.39, 0.29) is 5.78 Å². The minimum Gasteiger partial charge on any atom is -0.385 e. The number of rotatable bonds is 8. The maximum atomic E-state index is 12.2. The molecule has 1 N–H and O–H groups in total. The molecule has 5 nitrogen and oxygen atoms in total. The Morgan fingerprint density at radius 3 is 1.95 bits per heavy atom. The van der Waals surface area contributed by atoms with E-state index < -0.39 is 29.2 Å². The highest BCUT2D eigenvalue weighted by Gasteiger charge is 2.40. The van der Waals surface area contributed by atoms with Crippen molar-refractivity contribution in [1.29, 1.82) is 0 Å². The van der Waals surface area contributed by atoms with Gasteiger partial charge in [-0.1, -0.05) is 6.92 Å². The summed E-state index contributed by atoms with van der Waals surface area (Å²) in [6.07, 6.45) is -1.54. The van der Waals surface area contributed by atoms with Crippen molar-refractivity contribution in [2.75, 3.05) is 7.11 Å². The molecule has 0 spiro atoms. The van der Waals surface area contributed by atoms with Gasteiger partial charge in [0.2, 0.25) is 0 Å². The van der Waals surface area contributed by atoms with Gasteiger partial charge >= 0.3 is 0 Å². The van der Waals surface area contributed by atoms with Crippen molar-refractivity contribution in [1.82, 2.24) is 0 Å². The zero-order valence-electron chi connectivity index (χ0n) is 12.9. The van der Waals surface area contributed by atoms with Crippen LogP contribution in [0.3, 0.4) is 0 Å². The lowest BCUT2D eigenvalue weighted by Gasteiger charge is -2.33. The van der Waals surface area contributed by atoms with Crippen LogP contribution in [0.4, 0.5) is 0 Å². The quantitative estimate of drug-likeness (QED) is 0.726. The maximum Gasteiger partial charge on any atom is 0.192 e. The number of ether oxygens (including phenoxy) is 2. The van der Waals surface area contributed by atoms with Crippen LogP contribution in [0.1, 0.15) is 48.0 Å². The Morgan fingerprint density at radius 2 is 1.63 bits per heavy atom. The molecule has 0 radical (unpaired) electrons. The molecule has 3 unspecified atom stereocenters. The highest BCUT2D eigenvalue weighted by atomic mass is 16.5. The summed E-state index contributed by atoms with van der Waals surface area (Å²) in [5.74, 6) is -0.669. The Bertz CT molecular complexity index is 335. The van der Waals surface area contributed by atoms with Crippen LogP contribution in [0.5, 0.6) is 0 Å². The first-order valence-electron chi connectivity index (χ1n) is 6.51. The molecule has 0 bridgehead atoms. The Kier molecular flexibility index (Phi) is 6.32. The molecule has 5 heteroatoms. The molecule has 0 fully saturated rings. The summed E-state index contributed by atoms with van der Waals surface area (Å²) in [4.78, 5) is 24.1. The third kappa shape index (κ3) is 4.37. The highest BCUT2D eigenvalue weighted by Crippen LogP contribution is 2.23. The molecule has 0 aromatic heterocycles. The minimum absolute atomic E-state index is 0.243. The molecule has 3 atom stereocenters. The monoisotopic (exact) mass is 274 g/mol. The number of hydrogen-bond acceptors (Lipinski definition) is 5. The standard InChI is InChI=1S/C14H26O5/c1-8-14(6,11(16)9(2)15)19-10(3)12(17)13(4,5)18-7/h9-10,15H,8H2,1-7H3. The van der Waals surface area contributed by atoms with Crippen molar-refractivity contribution in [2.45, 2.75) is 71.4 Å². The summed E-state index contributed by atoms with van der Waals surface area (Å²) in [5, 5.41) is 9.41. The van der Waals surface area contributed by atoms with Crippen molar-refractivity contribution in [2.24, 2.45) is 0 Å². The van der Waals surface area contributed by atoms with E-state index in [1.54, 1.807) is 34.6 Å². The van der Waals surface area contributed by atoms with Gasteiger partial charge in [0.1, 0.15) is 23.4 Å². The summed E-state index contributed by atoms with van der Waals surface area (Å²) in [6, 6.07) is 0. The fourth-order valence-corrected chi connectivity index (χ4v) is 1.79. The van der Waals surface area contributed by atoms with Crippen LogP contribution in [-0.4, -0.2) is 47.2 Å². The fourth-order valence-electron chi connectivity index (χ4n) is 1.79. The van der Waals surface area contributed by atoms with Crippen LogP contribution >= 0.6 is 0 Å². The van der Waals surface area contributed by atoms with Crippen LogP contribution in [0, 0.1) is 0 Å². The van der Waals surface area contributed by atoms with E-state index in [2.05, 4.69) is 0 Å². The molecule has 0 saturated carbocycles. The molecule has 0 rings (SSSR count). The first kappa shape index (κ1) is 18.2. The predicted molar refractivity (Wildman–Crippen MR) is 72.0 cm³/mol. The maximum absolute atomic E-state index is 12.2. The van der Waals surface area contributed by atoms with E-state index in [1.165, 1.54) is 14.0 Å². The number of carbonyl (C=O) groups is 2. The van der Waals surface area contributed by atoms with E-state index in [0.29, 0.717) is 6.42 Å². The second-order valence-corrected chi connectivity index (χ2v) is 5.46. The molecule has 0 aromatic carbocycles. The lowest BCUT2D eigenvalue weighted by atomic mass is 9.92. The number of Topliss-reactive ketones (excluding diaryl/α,β-unsaturated/α-hetero) is 2. The van der Waals surface area contributed by atoms with Crippen molar-refractivity contribution >= 4 is 11.6 Å². The van der Waals surface area contributed by atoms with E-state index in [9.17, 15) is 14.7 Å². The van der Waals surface area contributed by atoms with Gasteiger partial charge in [0.25, 0.3) is 0 Å². The summed E-state index contributed by atoms with van der Waals surface area (Å²) in [6.45, 7) is 9.64. The molecule has 112 valence electrons. The lowest BCUT2D eigenvalue weighted by Crippen LogP contribution is -2.50. The fraction of sp³-hybridized carbons (Fsp3) is 0.857. The second-order valence-electron chi connectivity index (χ2n) is 5.46. The SMILES string of the molecule is CCC(C)(OC(C)C(=O)C(C)(C)OC)C(=O)C(C)O. The van der Waals surface area contributed by atoms with Gasteiger partial charge in [-0.25, -0.2) is 0 Å². The van der Waals surface area contributed by atoms with Crippen molar-refractivity contribution in [3.63, 3.8) is 0 Å². The molecule has 0 aliphatic heterocycles. The van der Waals surface area contributed by atoms with Crippen LogP contribution < -0.4 is 0 Å². The molecular weight excluding hydrogens is 248 g/mol. The third-order valence-electron chi connectivity index (χ3n) is 3.49. The van der Waals surface area contributed by atoms with Crippen molar-refractivity contribution in [3.8, 4) is 0 Å². The molecule has 0 saturated heterocycles. The molecule has 0 aliphatic carbocycles. The number of carbonyl (C=O) groups excluding carboxylic acids is 2. The van der Waals surface area contributed by atoms with Crippen LogP contribution in [-0.2, 0) is 19.1 Å². The first-order chi connectivity index (χ1) is 8.51. The molecule has 19 heavy (non-hydrogen) atoms. The van der Waals surface area contributed by atoms with E-state index >= 15 is 0 Å². The molecular formula is C14H26O5. The Morgan fingerprint density at radius 1 is 1.16 bits per heavy atom. The summed E-state index contributed by atoms with van der Waals surface area (Å²) < 4.78 is 10.7. The summed E-state index contributed by atoms with van der Waals surface area (Å²) >= 11 is 0. The number of ketones is 2. The smallest absolute Gasteiger partial charge is 0.192 e. The zero-order valence-corrected chi connectivity index (χ0v) is 12.9. The largest absolute Gasteiger partial charge is 0.385 e. The predicted octanol–water partition coefficient (Wildman–Crippen LogP) is 1.50. The van der Waals surface area contributed by atoms with Gasteiger partial charge in [-0.05, 0) is 41.0 Å². The van der Waals surface area contributed by atoms with Gasteiger partial charge in [0, 0.05) is 7.11 Å². The van der Waals surface area contributed by atoms with Gasteiger partial charge < -0.3 is 14.6 Å². The molecule has 0 aliphatic rings. The van der Waals surface area contributed by atoms with E-state index in [1.807, 2.05) is 0 Å². The second kappa shape index (κ2) is 6.59. The highest BCUT2D eigenvalue weighted by molar-refractivity contribution is 5.93. The summed E-state index contributed by atoms with van der Waals surface area (Å²) in [5.41, 5.74) is -2.14. The Hall–Kier alpha value is -0.780. The van der Waals surface area contributed by atoms with Crippen LogP contribution in [0.2, 0.25) is 0 Å². The Balaban J connectivity index is 5.00. The number of methoxy groups -OCH3 is 1. The molecule has 0 amide bonds. The molecule has 0 aromatic rings. The lowest BCUT2D eigenvalue weighted by molar-refractivity contribution is -0.170. The molecule has 0 heterocycles. The minimum atomic E-state index is -1.17. The van der Waals surface area contributed by atoms with Crippen LogP contribution in [0.15, 0.2) is 0 Å². The van der Waals surface area contributed by atoms with Gasteiger partial charge in [-0.3, -0.25) is 9.59 Å². The Labute approximate surface area is 115 Å². The summed E-state index contributed by atoms with van der Waals surface area (Å²) in [7, 11) is 1.45. The normalized spacial score (nSPS) is 18.5. The van der Waals surface area contributed by atoms with Gasteiger partial charge in [0.15, 0.2) is 11.6 Å². The van der Waals surface area contributed by atoms with Crippen molar-refractivity contribution < 1.29 is 24.2 Å². The van der Waals surface area contributed by atoms with Gasteiger partial charge in [0.05, 0.1) is 0 Å². The average molecular weight is 274 g/mol.